The van der Waals surface area contributed by atoms with Crippen LogP contribution in [-0.2, 0) is 10.2 Å². The molecule has 1 aliphatic heterocycles. The van der Waals surface area contributed by atoms with Gasteiger partial charge in [0.15, 0.2) is 0 Å². The van der Waals surface area contributed by atoms with Gasteiger partial charge < -0.3 is 5.32 Å². The van der Waals surface area contributed by atoms with E-state index in [1.165, 1.54) is 5.56 Å². The summed E-state index contributed by atoms with van der Waals surface area (Å²) >= 11 is 5.86. The minimum atomic E-state index is -0.289. The van der Waals surface area contributed by atoms with Gasteiger partial charge >= 0.3 is 0 Å². The largest absolute Gasteiger partial charge is 0.325 e. The van der Waals surface area contributed by atoms with Gasteiger partial charge in [0.05, 0.1) is 5.41 Å². The number of fused-ring (bicyclic) bond motifs is 2. The molecule has 1 amide bonds. The first-order valence-electron chi connectivity index (χ1n) is 5.17. The van der Waals surface area contributed by atoms with Gasteiger partial charge in [0.2, 0.25) is 5.91 Å². The number of amides is 1. The molecule has 1 spiro atoms. The molecule has 2 nitrogen and oxygen atoms in total. The van der Waals surface area contributed by atoms with E-state index in [-0.39, 0.29) is 11.3 Å². The summed E-state index contributed by atoms with van der Waals surface area (Å²) in [6.07, 6.45) is 0.902. The molecule has 1 heterocycles. The maximum absolute atomic E-state index is 11.9. The second kappa shape index (κ2) is 2.76. The minimum absolute atomic E-state index is 0.133. The van der Waals surface area contributed by atoms with E-state index in [0.29, 0.717) is 11.8 Å². The fourth-order valence-electron chi connectivity index (χ4n) is 2.62. The molecular weight excluding hydrogens is 210 g/mol. The quantitative estimate of drug-likeness (QED) is 0.726. The average molecular weight is 222 g/mol. The second-order valence-electron chi connectivity index (χ2n) is 4.53. The number of hydrogen-bond acceptors (Lipinski definition) is 1. The zero-order chi connectivity index (χ0) is 10.6. The number of hydrogen-bond donors (Lipinski definition) is 1. The van der Waals surface area contributed by atoms with Crippen LogP contribution in [0.2, 0.25) is 0 Å². The monoisotopic (exact) mass is 221 g/mol. The van der Waals surface area contributed by atoms with E-state index in [2.05, 4.69) is 18.3 Å². The third kappa shape index (κ3) is 1.03. The Labute approximate surface area is 93.6 Å². The van der Waals surface area contributed by atoms with Crippen LogP contribution in [0.3, 0.4) is 0 Å². The number of halogens is 1. The fraction of sp³-hybridized carbons (Fsp3) is 0.417. The van der Waals surface area contributed by atoms with Crippen LogP contribution in [0.15, 0.2) is 18.2 Å². The number of benzene rings is 1. The normalized spacial score (nSPS) is 31.6. The highest BCUT2D eigenvalue weighted by Crippen LogP contribution is 2.60. The van der Waals surface area contributed by atoms with Gasteiger partial charge in [0.25, 0.3) is 0 Å². The summed E-state index contributed by atoms with van der Waals surface area (Å²) in [6, 6.07) is 6.12. The Kier molecular flexibility index (Phi) is 1.70. The van der Waals surface area contributed by atoms with Gasteiger partial charge in [-0.2, -0.15) is 0 Å². The van der Waals surface area contributed by atoms with Gasteiger partial charge in [-0.15, -0.1) is 11.6 Å². The number of alkyl halides is 1. The van der Waals surface area contributed by atoms with E-state index in [1.54, 1.807) is 0 Å². The summed E-state index contributed by atoms with van der Waals surface area (Å²) in [7, 11) is 0. The lowest BCUT2D eigenvalue weighted by molar-refractivity contribution is -0.118. The third-order valence-corrected chi connectivity index (χ3v) is 3.97. The van der Waals surface area contributed by atoms with E-state index < -0.39 is 0 Å². The number of rotatable bonds is 1. The summed E-state index contributed by atoms with van der Waals surface area (Å²) in [6.45, 7) is 2.05. The van der Waals surface area contributed by atoms with Crippen molar-refractivity contribution in [1.29, 1.82) is 0 Å². The van der Waals surface area contributed by atoms with Crippen LogP contribution in [0.4, 0.5) is 5.69 Å². The zero-order valence-electron chi connectivity index (χ0n) is 8.51. The maximum atomic E-state index is 11.9. The van der Waals surface area contributed by atoms with Crippen molar-refractivity contribution in [2.75, 3.05) is 11.2 Å². The van der Waals surface area contributed by atoms with Gasteiger partial charge in [-0.1, -0.05) is 17.7 Å². The predicted molar refractivity (Wildman–Crippen MR) is 60.3 cm³/mol. The summed E-state index contributed by atoms with van der Waals surface area (Å²) in [5, 5.41) is 2.94. The smallest absolute Gasteiger partial charge is 0.235 e. The summed E-state index contributed by atoms with van der Waals surface area (Å²) in [5.74, 6) is 1.02. The standard InChI is InChI=1S/C12H12ClNO/c1-7-2-3-10-9(4-7)12(11(15)14-10)5-8(12)6-13/h2-4,8H,5-6H2,1H3,(H,14,15)/t8-,12+/m0/s1. The highest BCUT2D eigenvalue weighted by Gasteiger charge is 2.64. The first kappa shape index (κ1) is 9.22. The molecule has 15 heavy (non-hydrogen) atoms. The molecular formula is C12H12ClNO. The molecule has 0 bridgehead atoms. The number of anilines is 1. The number of nitrogens with one attached hydrogen (secondary N) is 1. The van der Waals surface area contributed by atoms with E-state index in [1.807, 2.05) is 12.1 Å². The van der Waals surface area contributed by atoms with Crippen LogP contribution in [0.1, 0.15) is 17.5 Å². The summed E-state index contributed by atoms with van der Waals surface area (Å²) in [5.41, 5.74) is 3.03. The zero-order valence-corrected chi connectivity index (χ0v) is 9.27. The molecule has 1 aliphatic carbocycles. The van der Waals surface area contributed by atoms with E-state index >= 15 is 0 Å². The second-order valence-corrected chi connectivity index (χ2v) is 4.84. The Morgan fingerprint density at radius 1 is 1.60 bits per heavy atom. The molecule has 1 aromatic carbocycles. The Hall–Kier alpha value is -1.02. The Morgan fingerprint density at radius 3 is 3.07 bits per heavy atom. The van der Waals surface area contributed by atoms with Gasteiger partial charge in [-0.05, 0) is 30.9 Å². The molecule has 2 atom stereocenters. The highest BCUT2D eigenvalue weighted by molar-refractivity contribution is 6.19. The molecule has 1 aromatic rings. The van der Waals surface area contributed by atoms with Crippen LogP contribution < -0.4 is 5.32 Å². The summed E-state index contributed by atoms with van der Waals surface area (Å²) in [4.78, 5) is 11.9. The molecule has 0 unspecified atom stereocenters. The van der Waals surface area contributed by atoms with Crippen molar-refractivity contribution in [3.8, 4) is 0 Å². The van der Waals surface area contributed by atoms with Crippen molar-refractivity contribution in [2.24, 2.45) is 5.92 Å². The van der Waals surface area contributed by atoms with Crippen LogP contribution in [0, 0.1) is 12.8 Å². The van der Waals surface area contributed by atoms with Crippen molar-refractivity contribution >= 4 is 23.2 Å². The predicted octanol–water partition coefficient (Wildman–Crippen LogP) is 2.44. The van der Waals surface area contributed by atoms with E-state index in [4.69, 9.17) is 11.6 Å². The molecule has 1 saturated carbocycles. The lowest BCUT2D eigenvalue weighted by atomic mass is 9.94. The SMILES string of the molecule is Cc1ccc2c(c1)[C@]1(C[C@H]1CCl)C(=O)N2. The Balaban J connectivity index is 2.14. The highest BCUT2D eigenvalue weighted by atomic mass is 35.5. The lowest BCUT2D eigenvalue weighted by Gasteiger charge is -2.07. The lowest BCUT2D eigenvalue weighted by Crippen LogP contribution is -2.21. The fourth-order valence-corrected chi connectivity index (χ4v) is 2.99. The van der Waals surface area contributed by atoms with Gasteiger partial charge in [-0.25, -0.2) is 0 Å². The van der Waals surface area contributed by atoms with Crippen LogP contribution in [0.5, 0.6) is 0 Å². The molecule has 1 N–H and O–H groups in total. The first-order chi connectivity index (χ1) is 7.18. The average Bonchev–Trinajstić information content (AvgIpc) is 2.89. The molecule has 78 valence electrons. The van der Waals surface area contributed by atoms with E-state index in [0.717, 1.165) is 17.7 Å². The molecule has 2 aliphatic rings. The Morgan fingerprint density at radius 2 is 2.40 bits per heavy atom. The van der Waals surface area contributed by atoms with Crippen molar-refractivity contribution in [1.82, 2.24) is 0 Å². The molecule has 3 rings (SSSR count). The van der Waals surface area contributed by atoms with Crippen LogP contribution in [0.25, 0.3) is 0 Å². The molecule has 0 aromatic heterocycles. The minimum Gasteiger partial charge on any atom is -0.325 e. The van der Waals surface area contributed by atoms with Gasteiger partial charge in [-0.3, -0.25) is 4.79 Å². The van der Waals surface area contributed by atoms with Crippen LogP contribution in [-0.4, -0.2) is 11.8 Å². The molecule has 1 fully saturated rings. The number of carbonyl (C=O) groups excluding carboxylic acids is 1. The van der Waals surface area contributed by atoms with Gasteiger partial charge in [0, 0.05) is 11.6 Å². The molecule has 3 heteroatoms. The van der Waals surface area contributed by atoms with Crippen molar-refractivity contribution in [2.45, 2.75) is 18.8 Å². The molecule has 0 saturated heterocycles. The number of aryl methyl sites for hydroxylation is 1. The third-order valence-electron chi connectivity index (χ3n) is 3.60. The van der Waals surface area contributed by atoms with Crippen molar-refractivity contribution in [3.05, 3.63) is 29.3 Å². The Bertz CT molecular complexity index is 457. The van der Waals surface area contributed by atoms with Crippen molar-refractivity contribution in [3.63, 3.8) is 0 Å². The first-order valence-corrected chi connectivity index (χ1v) is 5.70. The van der Waals surface area contributed by atoms with Gasteiger partial charge in [0.1, 0.15) is 0 Å². The van der Waals surface area contributed by atoms with Crippen LogP contribution >= 0.6 is 11.6 Å². The maximum Gasteiger partial charge on any atom is 0.235 e. The molecule has 0 radical (unpaired) electrons. The topological polar surface area (TPSA) is 29.1 Å². The van der Waals surface area contributed by atoms with E-state index in [9.17, 15) is 4.79 Å². The number of carbonyl (C=O) groups is 1. The summed E-state index contributed by atoms with van der Waals surface area (Å²) < 4.78 is 0. The van der Waals surface area contributed by atoms with Crippen molar-refractivity contribution < 1.29 is 4.79 Å².